The average molecular weight is 391 g/mol. The zero-order valence-corrected chi connectivity index (χ0v) is 17.3. The predicted octanol–water partition coefficient (Wildman–Crippen LogP) is 5.15. The minimum atomic E-state index is 0.202. The van der Waals surface area contributed by atoms with E-state index in [0.717, 1.165) is 38.0 Å². The molecule has 1 atom stereocenters. The van der Waals surface area contributed by atoms with Crippen LogP contribution >= 0.6 is 0 Å². The second kappa shape index (κ2) is 8.75. The molecule has 0 saturated carbocycles. The van der Waals surface area contributed by atoms with Crippen molar-refractivity contribution in [2.75, 3.05) is 13.2 Å². The lowest BCUT2D eigenvalue weighted by Crippen LogP contribution is -2.30. The third kappa shape index (κ3) is 4.03. The summed E-state index contributed by atoms with van der Waals surface area (Å²) in [6.45, 7) is 7.59. The Balaban J connectivity index is 1.74. The number of phenols is 1. The molecule has 1 aliphatic rings. The maximum Gasteiger partial charge on any atom is 0.161 e. The Kier molecular flexibility index (Phi) is 5.91. The number of nitrogens with zero attached hydrogens (tertiary/aromatic N) is 2. The molecule has 4 rings (SSSR count). The van der Waals surface area contributed by atoms with E-state index in [4.69, 9.17) is 4.74 Å². The number of ether oxygens (including phenoxy) is 1. The molecule has 3 aromatic rings. The first-order valence-corrected chi connectivity index (χ1v) is 10.6. The van der Waals surface area contributed by atoms with Gasteiger partial charge in [0.2, 0.25) is 0 Å². The van der Waals surface area contributed by atoms with E-state index in [2.05, 4.69) is 59.0 Å². The molecule has 1 N–H and O–H groups in total. The zero-order valence-electron chi connectivity index (χ0n) is 17.3. The van der Waals surface area contributed by atoms with Crippen LogP contribution in [-0.4, -0.2) is 27.7 Å². The van der Waals surface area contributed by atoms with Crippen molar-refractivity contribution in [3.8, 4) is 11.5 Å². The van der Waals surface area contributed by atoms with Gasteiger partial charge >= 0.3 is 0 Å². The third-order valence-corrected chi connectivity index (χ3v) is 5.79. The van der Waals surface area contributed by atoms with Crippen molar-refractivity contribution in [3.63, 3.8) is 0 Å². The average Bonchev–Trinajstić information content (AvgIpc) is 3.12. The number of phenolic OH excluding ortho intramolecular Hbond substituents is 1. The monoisotopic (exact) mass is 390 g/mol. The van der Waals surface area contributed by atoms with E-state index in [9.17, 15) is 5.11 Å². The normalized spacial score (nSPS) is 17.0. The third-order valence-electron chi connectivity index (χ3n) is 5.79. The first kappa shape index (κ1) is 19.6. The molecule has 29 heavy (non-hydrogen) atoms. The molecule has 0 aliphatic carbocycles. The SMILES string of the molecule is CCOc1cc(CN2CCCn3cccc3C2c2ccccc2CC)ccc1O. The summed E-state index contributed by atoms with van der Waals surface area (Å²) in [5.74, 6) is 0.766. The molecule has 1 aromatic heterocycles. The molecule has 1 unspecified atom stereocenters. The zero-order chi connectivity index (χ0) is 20.2. The van der Waals surface area contributed by atoms with Crippen molar-refractivity contribution in [2.45, 2.75) is 45.8 Å². The molecular weight excluding hydrogens is 360 g/mol. The predicted molar refractivity (Wildman–Crippen MR) is 116 cm³/mol. The molecular formula is C25H30N2O2. The number of fused-ring (bicyclic) bond motifs is 1. The van der Waals surface area contributed by atoms with E-state index in [1.807, 2.05) is 19.1 Å². The number of hydrogen-bond acceptors (Lipinski definition) is 3. The van der Waals surface area contributed by atoms with E-state index < -0.39 is 0 Å². The lowest BCUT2D eigenvalue weighted by molar-refractivity contribution is 0.219. The molecule has 0 spiro atoms. The van der Waals surface area contributed by atoms with Crippen LogP contribution in [-0.2, 0) is 19.5 Å². The van der Waals surface area contributed by atoms with Crippen molar-refractivity contribution in [1.29, 1.82) is 0 Å². The van der Waals surface area contributed by atoms with Gasteiger partial charge in [0, 0.05) is 31.5 Å². The lowest BCUT2D eigenvalue weighted by Gasteiger charge is -2.32. The van der Waals surface area contributed by atoms with Crippen LogP contribution in [0.2, 0.25) is 0 Å². The van der Waals surface area contributed by atoms with Gasteiger partial charge in [0.05, 0.1) is 12.6 Å². The van der Waals surface area contributed by atoms with Crippen LogP contribution in [0.1, 0.15) is 48.7 Å². The van der Waals surface area contributed by atoms with Crippen molar-refractivity contribution in [1.82, 2.24) is 9.47 Å². The Morgan fingerprint density at radius 2 is 1.90 bits per heavy atom. The van der Waals surface area contributed by atoms with Gasteiger partial charge < -0.3 is 14.4 Å². The molecule has 0 saturated heterocycles. The highest BCUT2D eigenvalue weighted by Crippen LogP contribution is 2.36. The van der Waals surface area contributed by atoms with Crippen LogP contribution in [0.15, 0.2) is 60.8 Å². The molecule has 2 aromatic carbocycles. The summed E-state index contributed by atoms with van der Waals surface area (Å²) in [6.07, 6.45) is 4.34. The fourth-order valence-electron chi connectivity index (χ4n) is 4.45. The smallest absolute Gasteiger partial charge is 0.161 e. The molecule has 2 heterocycles. The minimum absolute atomic E-state index is 0.202. The van der Waals surface area contributed by atoms with Crippen LogP contribution in [0.3, 0.4) is 0 Å². The highest BCUT2D eigenvalue weighted by molar-refractivity contribution is 5.42. The summed E-state index contributed by atoms with van der Waals surface area (Å²) in [7, 11) is 0. The topological polar surface area (TPSA) is 37.6 Å². The van der Waals surface area contributed by atoms with E-state index in [0.29, 0.717) is 12.4 Å². The number of aryl methyl sites for hydroxylation is 2. The quantitative estimate of drug-likeness (QED) is 0.632. The van der Waals surface area contributed by atoms with Crippen LogP contribution in [0, 0.1) is 0 Å². The number of benzene rings is 2. The van der Waals surface area contributed by atoms with Gasteiger partial charge in [-0.1, -0.05) is 37.3 Å². The maximum absolute atomic E-state index is 10.1. The van der Waals surface area contributed by atoms with Gasteiger partial charge in [0.25, 0.3) is 0 Å². The Labute approximate surface area is 173 Å². The van der Waals surface area contributed by atoms with Crippen LogP contribution in [0.4, 0.5) is 0 Å². The lowest BCUT2D eigenvalue weighted by atomic mass is 9.94. The molecule has 0 amide bonds. The van der Waals surface area contributed by atoms with Crippen molar-refractivity contribution in [3.05, 3.63) is 83.2 Å². The fraction of sp³-hybridized carbons (Fsp3) is 0.360. The molecule has 0 fully saturated rings. The summed E-state index contributed by atoms with van der Waals surface area (Å²) in [5, 5.41) is 10.1. The Morgan fingerprint density at radius 1 is 1.03 bits per heavy atom. The maximum atomic E-state index is 10.1. The summed E-state index contributed by atoms with van der Waals surface area (Å²) >= 11 is 0. The van der Waals surface area contributed by atoms with Gasteiger partial charge in [-0.15, -0.1) is 0 Å². The van der Waals surface area contributed by atoms with Crippen LogP contribution < -0.4 is 4.74 Å². The summed E-state index contributed by atoms with van der Waals surface area (Å²) in [5.41, 5.74) is 5.30. The van der Waals surface area contributed by atoms with Gasteiger partial charge in [-0.25, -0.2) is 0 Å². The molecule has 4 nitrogen and oxygen atoms in total. The molecule has 4 heteroatoms. The Bertz CT molecular complexity index is 963. The summed E-state index contributed by atoms with van der Waals surface area (Å²) in [6, 6.07) is 19.2. The molecule has 152 valence electrons. The van der Waals surface area contributed by atoms with Crippen LogP contribution in [0.5, 0.6) is 11.5 Å². The van der Waals surface area contributed by atoms with E-state index in [-0.39, 0.29) is 11.8 Å². The highest BCUT2D eigenvalue weighted by atomic mass is 16.5. The van der Waals surface area contributed by atoms with E-state index >= 15 is 0 Å². The fourth-order valence-corrected chi connectivity index (χ4v) is 4.45. The number of aromatic hydroxyl groups is 1. The van der Waals surface area contributed by atoms with Gasteiger partial charge in [-0.3, -0.25) is 4.90 Å². The highest BCUT2D eigenvalue weighted by Gasteiger charge is 2.28. The van der Waals surface area contributed by atoms with E-state index in [1.165, 1.54) is 16.8 Å². The number of hydrogen-bond donors (Lipinski definition) is 1. The van der Waals surface area contributed by atoms with Gasteiger partial charge in [-0.05, 0) is 60.7 Å². The molecule has 0 radical (unpaired) electrons. The van der Waals surface area contributed by atoms with Gasteiger partial charge in [-0.2, -0.15) is 0 Å². The Morgan fingerprint density at radius 3 is 2.72 bits per heavy atom. The summed E-state index contributed by atoms with van der Waals surface area (Å²) in [4.78, 5) is 2.56. The summed E-state index contributed by atoms with van der Waals surface area (Å²) < 4.78 is 8.01. The van der Waals surface area contributed by atoms with Crippen molar-refractivity contribution < 1.29 is 9.84 Å². The number of rotatable bonds is 6. The minimum Gasteiger partial charge on any atom is -0.504 e. The first-order valence-electron chi connectivity index (χ1n) is 10.6. The van der Waals surface area contributed by atoms with E-state index in [1.54, 1.807) is 6.07 Å². The molecule has 0 bridgehead atoms. The largest absolute Gasteiger partial charge is 0.504 e. The number of aromatic nitrogens is 1. The van der Waals surface area contributed by atoms with Gasteiger partial charge in [0.1, 0.15) is 0 Å². The second-order valence-electron chi connectivity index (χ2n) is 7.64. The standard InChI is InChI=1S/C25H30N2O2/c1-3-20-9-5-6-10-21(20)25-22-11-7-14-26(22)15-8-16-27(25)18-19-12-13-23(28)24(17-19)29-4-2/h5-7,9-14,17,25,28H,3-4,8,15-16,18H2,1-2H3. The van der Waals surface area contributed by atoms with Crippen molar-refractivity contribution >= 4 is 0 Å². The van der Waals surface area contributed by atoms with Gasteiger partial charge in [0.15, 0.2) is 11.5 Å². The second-order valence-corrected chi connectivity index (χ2v) is 7.64. The molecule has 1 aliphatic heterocycles. The Hall–Kier alpha value is -2.72. The van der Waals surface area contributed by atoms with Crippen molar-refractivity contribution in [2.24, 2.45) is 0 Å². The first-order chi connectivity index (χ1) is 14.2. The van der Waals surface area contributed by atoms with Crippen LogP contribution in [0.25, 0.3) is 0 Å².